The lowest BCUT2D eigenvalue weighted by Gasteiger charge is -2.25. The van der Waals surface area contributed by atoms with Crippen LogP contribution in [0.25, 0.3) is 0 Å². The summed E-state index contributed by atoms with van der Waals surface area (Å²) in [7, 11) is 0. The van der Waals surface area contributed by atoms with Crippen molar-refractivity contribution in [2.45, 2.75) is 32.1 Å². The number of aliphatic hydroxyl groups excluding tert-OH is 1. The molecule has 0 aliphatic heterocycles. The van der Waals surface area contributed by atoms with Crippen molar-refractivity contribution in [3.05, 3.63) is 35.9 Å². The highest BCUT2D eigenvalue weighted by Crippen LogP contribution is 2.21. The van der Waals surface area contributed by atoms with Gasteiger partial charge >= 0.3 is 0 Å². The molecule has 3 nitrogen and oxygen atoms in total. The Bertz CT molecular complexity index is 346. The van der Waals surface area contributed by atoms with Crippen LogP contribution in [0.1, 0.15) is 32.3 Å². The van der Waals surface area contributed by atoms with E-state index in [2.05, 4.69) is 31.3 Å². The van der Waals surface area contributed by atoms with Gasteiger partial charge in [-0.15, -0.1) is 0 Å². The molecule has 0 radical (unpaired) electrons. The summed E-state index contributed by atoms with van der Waals surface area (Å²) in [6.07, 6.45) is 0.916. The van der Waals surface area contributed by atoms with Crippen molar-refractivity contribution in [2.24, 2.45) is 0 Å². The van der Waals surface area contributed by atoms with Gasteiger partial charge in [0.2, 0.25) is 5.91 Å². The fraction of sp³-hybridized carbons (Fsp3) is 0.500. The molecule has 0 aromatic heterocycles. The maximum atomic E-state index is 11.5. The normalized spacial score (nSPS) is 11.2. The second-order valence-corrected chi connectivity index (χ2v) is 4.85. The first-order valence-electron chi connectivity index (χ1n) is 5.99. The molecule has 0 fully saturated rings. The average molecular weight is 235 g/mol. The lowest BCUT2D eigenvalue weighted by atomic mass is 9.84. The van der Waals surface area contributed by atoms with Gasteiger partial charge in [0.1, 0.15) is 0 Å². The van der Waals surface area contributed by atoms with Gasteiger partial charge in [-0.05, 0) is 12.0 Å². The molecule has 3 heteroatoms. The zero-order valence-electron chi connectivity index (χ0n) is 10.6. The number of hydrogen-bond donors (Lipinski definition) is 2. The van der Waals surface area contributed by atoms with Crippen molar-refractivity contribution in [1.29, 1.82) is 0 Å². The molecule has 0 atom stereocenters. The first kappa shape index (κ1) is 13.7. The number of amides is 1. The molecule has 1 aromatic rings. The van der Waals surface area contributed by atoms with Crippen LogP contribution in [0.2, 0.25) is 0 Å². The highest BCUT2D eigenvalue weighted by Gasteiger charge is 2.20. The standard InChI is InChI=1S/C14H21NO2/c1-14(2,12-7-4-3-5-8-12)11-15-13(17)9-6-10-16/h3-5,7-8,16H,6,9-11H2,1-2H3,(H,15,17). The largest absolute Gasteiger partial charge is 0.396 e. The van der Waals surface area contributed by atoms with E-state index in [1.807, 2.05) is 18.2 Å². The number of carbonyl (C=O) groups excluding carboxylic acids is 1. The van der Waals surface area contributed by atoms with Crippen LogP contribution < -0.4 is 5.32 Å². The van der Waals surface area contributed by atoms with Gasteiger partial charge in [-0.1, -0.05) is 44.2 Å². The van der Waals surface area contributed by atoms with E-state index in [1.54, 1.807) is 0 Å². The molecule has 17 heavy (non-hydrogen) atoms. The Morgan fingerprint density at radius 2 is 1.94 bits per heavy atom. The monoisotopic (exact) mass is 235 g/mol. The van der Waals surface area contributed by atoms with E-state index in [0.717, 1.165) is 0 Å². The van der Waals surface area contributed by atoms with E-state index in [-0.39, 0.29) is 17.9 Å². The summed E-state index contributed by atoms with van der Waals surface area (Å²) in [5, 5.41) is 11.5. The quantitative estimate of drug-likeness (QED) is 0.790. The number of nitrogens with one attached hydrogen (secondary N) is 1. The first-order valence-corrected chi connectivity index (χ1v) is 5.99. The van der Waals surface area contributed by atoms with E-state index in [4.69, 9.17) is 5.11 Å². The third-order valence-electron chi connectivity index (χ3n) is 2.84. The minimum atomic E-state index is -0.0733. The Balaban J connectivity index is 2.48. The molecular weight excluding hydrogens is 214 g/mol. The Labute approximate surface area is 103 Å². The van der Waals surface area contributed by atoms with E-state index >= 15 is 0 Å². The number of rotatable bonds is 6. The van der Waals surface area contributed by atoms with Crippen molar-refractivity contribution in [2.75, 3.05) is 13.2 Å². The minimum absolute atomic E-state index is 0.00283. The van der Waals surface area contributed by atoms with Crippen LogP contribution in [0.5, 0.6) is 0 Å². The summed E-state index contributed by atoms with van der Waals surface area (Å²) < 4.78 is 0. The molecule has 2 N–H and O–H groups in total. The Morgan fingerprint density at radius 1 is 1.29 bits per heavy atom. The second-order valence-electron chi connectivity index (χ2n) is 4.85. The van der Waals surface area contributed by atoms with Crippen molar-refractivity contribution in [3.8, 4) is 0 Å². The first-order chi connectivity index (χ1) is 8.06. The molecule has 94 valence electrons. The smallest absolute Gasteiger partial charge is 0.220 e. The molecule has 1 aromatic carbocycles. The number of carbonyl (C=O) groups is 1. The minimum Gasteiger partial charge on any atom is -0.396 e. The van der Waals surface area contributed by atoms with E-state index in [9.17, 15) is 4.79 Å². The van der Waals surface area contributed by atoms with Crippen LogP contribution >= 0.6 is 0 Å². The molecule has 0 heterocycles. The molecule has 1 amide bonds. The predicted octanol–water partition coefficient (Wildman–Crippen LogP) is 1.85. The second kappa shape index (κ2) is 6.40. The molecule has 0 bridgehead atoms. The molecule has 0 saturated carbocycles. The summed E-state index contributed by atoms with van der Waals surface area (Å²) in [5.74, 6) is 0.00283. The van der Waals surface area contributed by atoms with Gasteiger partial charge in [0.05, 0.1) is 0 Å². The number of aliphatic hydroxyl groups is 1. The highest BCUT2D eigenvalue weighted by molar-refractivity contribution is 5.75. The molecule has 0 aliphatic carbocycles. The number of hydrogen-bond acceptors (Lipinski definition) is 2. The SMILES string of the molecule is CC(C)(CNC(=O)CCCO)c1ccccc1. The third-order valence-corrected chi connectivity index (χ3v) is 2.84. The summed E-state index contributed by atoms with van der Waals surface area (Å²) in [6.45, 7) is 4.89. The van der Waals surface area contributed by atoms with E-state index in [0.29, 0.717) is 19.4 Å². The lowest BCUT2D eigenvalue weighted by molar-refractivity contribution is -0.121. The summed E-state index contributed by atoms with van der Waals surface area (Å²) in [4.78, 5) is 11.5. The van der Waals surface area contributed by atoms with Crippen LogP contribution in [0, 0.1) is 0 Å². The number of benzene rings is 1. The van der Waals surface area contributed by atoms with Gasteiger partial charge in [0, 0.05) is 25.0 Å². The topological polar surface area (TPSA) is 49.3 Å². The van der Waals surface area contributed by atoms with Gasteiger partial charge in [0.25, 0.3) is 0 Å². The molecule has 1 rings (SSSR count). The Hall–Kier alpha value is -1.35. The molecule has 0 aliphatic rings. The highest BCUT2D eigenvalue weighted by atomic mass is 16.3. The zero-order valence-corrected chi connectivity index (χ0v) is 10.6. The van der Waals surface area contributed by atoms with Gasteiger partial charge < -0.3 is 10.4 Å². The van der Waals surface area contributed by atoms with Crippen LogP contribution in [-0.2, 0) is 10.2 Å². The molecule has 0 unspecified atom stereocenters. The fourth-order valence-corrected chi connectivity index (χ4v) is 1.64. The fourth-order valence-electron chi connectivity index (χ4n) is 1.64. The molecule has 0 spiro atoms. The predicted molar refractivity (Wildman–Crippen MR) is 68.8 cm³/mol. The maximum Gasteiger partial charge on any atom is 0.220 e. The Morgan fingerprint density at radius 3 is 2.53 bits per heavy atom. The molecular formula is C14H21NO2. The average Bonchev–Trinajstić information content (AvgIpc) is 2.35. The van der Waals surface area contributed by atoms with Crippen LogP contribution in [0.15, 0.2) is 30.3 Å². The van der Waals surface area contributed by atoms with Gasteiger partial charge in [0.15, 0.2) is 0 Å². The van der Waals surface area contributed by atoms with E-state index < -0.39 is 0 Å². The van der Waals surface area contributed by atoms with Gasteiger partial charge in [-0.3, -0.25) is 4.79 Å². The van der Waals surface area contributed by atoms with E-state index in [1.165, 1.54) is 5.56 Å². The lowest BCUT2D eigenvalue weighted by Crippen LogP contribution is -2.36. The van der Waals surface area contributed by atoms with Crippen molar-refractivity contribution in [1.82, 2.24) is 5.32 Å². The zero-order chi connectivity index (χ0) is 12.7. The summed E-state index contributed by atoms with van der Waals surface area (Å²) in [5.41, 5.74) is 1.14. The maximum absolute atomic E-state index is 11.5. The third kappa shape index (κ3) is 4.57. The van der Waals surface area contributed by atoms with Crippen LogP contribution in [0.3, 0.4) is 0 Å². The van der Waals surface area contributed by atoms with Crippen LogP contribution in [-0.4, -0.2) is 24.2 Å². The molecule has 0 saturated heterocycles. The van der Waals surface area contributed by atoms with Crippen molar-refractivity contribution in [3.63, 3.8) is 0 Å². The summed E-state index contributed by atoms with van der Waals surface area (Å²) >= 11 is 0. The van der Waals surface area contributed by atoms with Crippen molar-refractivity contribution < 1.29 is 9.90 Å². The Kier molecular flexibility index (Phi) is 5.16. The van der Waals surface area contributed by atoms with Crippen molar-refractivity contribution >= 4 is 5.91 Å². The van der Waals surface area contributed by atoms with Crippen LogP contribution in [0.4, 0.5) is 0 Å². The summed E-state index contributed by atoms with van der Waals surface area (Å²) in [6, 6.07) is 10.1. The van der Waals surface area contributed by atoms with Gasteiger partial charge in [-0.2, -0.15) is 0 Å². The van der Waals surface area contributed by atoms with Gasteiger partial charge in [-0.25, -0.2) is 0 Å².